The third-order valence-electron chi connectivity index (χ3n) is 6.76. The van der Waals surface area contributed by atoms with Gasteiger partial charge in [-0.05, 0) is 23.7 Å². The average Bonchev–Trinajstić information content (AvgIpc) is 3.28. The number of halogens is 2. The van der Waals surface area contributed by atoms with Gasteiger partial charge in [-0.3, -0.25) is 0 Å². The van der Waals surface area contributed by atoms with Gasteiger partial charge in [0.05, 0.1) is 0 Å². The minimum atomic E-state index is -0.623. The molecule has 0 atom stereocenters. The fourth-order valence-electron chi connectivity index (χ4n) is 5.13. The molecular formula is C30H37Cl2SiZr. The molecule has 2 aliphatic rings. The molecule has 34 heavy (non-hydrogen) atoms. The Balaban J connectivity index is 0.00000193. The summed E-state index contributed by atoms with van der Waals surface area (Å²) < 4.78 is 0. The summed E-state index contributed by atoms with van der Waals surface area (Å²) in [6, 6.07) is 9.57. The first-order valence-corrected chi connectivity index (χ1v) is 14.3. The van der Waals surface area contributed by atoms with Crippen LogP contribution in [0.2, 0.25) is 13.1 Å². The van der Waals surface area contributed by atoms with Crippen molar-refractivity contribution in [2.45, 2.75) is 85.2 Å². The number of rotatable bonds is 2. The molecule has 0 amide bonds. The quantitative estimate of drug-likeness (QED) is 0.316. The van der Waals surface area contributed by atoms with Crippen molar-refractivity contribution in [2.24, 2.45) is 0 Å². The first-order valence-electron chi connectivity index (χ1n) is 11.8. The van der Waals surface area contributed by atoms with Gasteiger partial charge in [-0.1, -0.05) is 125 Å². The number of fused-ring (bicyclic) bond motifs is 3. The number of allylic oxidation sites excluding steroid dienone is 4. The van der Waals surface area contributed by atoms with E-state index < -0.39 is 8.41 Å². The number of hydrogen-bond acceptors (Lipinski definition) is 0. The predicted octanol–water partition coefficient (Wildman–Crippen LogP) is 1.68. The van der Waals surface area contributed by atoms with Crippen molar-refractivity contribution < 1.29 is 51.0 Å². The van der Waals surface area contributed by atoms with Crippen molar-refractivity contribution >= 4 is 20.1 Å². The molecule has 0 saturated carbocycles. The molecule has 2 aromatic carbocycles. The summed E-state index contributed by atoms with van der Waals surface area (Å²) in [5.74, 6) is 0. The molecule has 4 heteroatoms. The molecule has 0 fully saturated rings. The monoisotopic (exact) mass is 585 g/mol. The van der Waals surface area contributed by atoms with Gasteiger partial charge in [0, 0.05) is 8.41 Å². The number of benzene rings is 2. The van der Waals surface area contributed by atoms with E-state index in [9.17, 15) is 0 Å². The van der Waals surface area contributed by atoms with E-state index in [1.54, 1.807) is 10.4 Å². The Bertz CT molecular complexity index is 1260. The van der Waals surface area contributed by atoms with Crippen LogP contribution in [0, 0.1) is 4.81 Å². The zero-order valence-corrected chi connectivity index (χ0v) is 27.1. The van der Waals surface area contributed by atoms with E-state index in [0.717, 1.165) is 12.8 Å². The van der Waals surface area contributed by atoms with E-state index in [1.807, 2.05) is 0 Å². The summed E-state index contributed by atoms with van der Waals surface area (Å²) in [5, 5.41) is 1.34. The second-order valence-corrected chi connectivity index (χ2v) is 14.0. The van der Waals surface area contributed by atoms with Crippen LogP contribution in [0.25, 0.3) is 22.8 Å². The molecule has 0 unspecified atom stereocenters. The predicted molar refractivity (Wildman–Crippen MR) is 139 cm³/mol. The summed E-state index contributed by atoms with van der Waals surface area (Å²) in [4.78, 5) is 1.59. The van der Waals surface area contributed by atoms with Crippen LogP contribution in [-0.2, 0) is 37.0 Å². The summed E-state index contributed by atoms with van der Waals surface area (Å²) in [6.45, 7) is 21.2. The van der Waals surface area contributed by atoms with Gasteiger partial charge in [0.2, 0.25) is 0 Å². The Labute approximate surface area is 240 Å². The van der Waals surface area contributed by atoms with Crippen LogP contribution in [0.1, 0.15) is 83.6 Å². The fraction of sp³-hybridized carbons (Fsp3) is 0.433. The topological polar surface area (TPSA) is 0 Å². The average molecular weight is 588 g/mol. The molecule has 179 valence electrons. The van der Waals surface area contributed by atoms with Gasteiger partial charge in [-0.2, -0.15) is 0 Å². The largest absolute Gasteiger partial charge is 3.00 e. The van der Waals surface area contributed by atoms with Crippen LogP contribution in [0.3, 0.4) is 0 Å². The smallest absolute Gasteiger partial charge is 1.00 e. The van der Waals surface area contributed by atoms with Crippen molar-refractivity contribution in [1.29, 1.82) is 0 Å². The van der Waals surface area contributed by atoms with Crippen LogP contribution in [0.5, 0.6) is 0 Å². The second-order valence-electron chi connectivity index (χ2n) is 11.4. The zero-order chi connectivity index (χ0) is 22.7. The molecule has 0 spiro atoms. The van der Waals surface area contributed by atoms with Crippen molar-refractivity contribution in [3.8, 4) is 11.1 Å². The molecule has 0 bridgehead atoms. The van der Waals surface area contributed by atoms with E-state index in [0.29, 0.717) is 0 Å². The van der Waals surface area contributed by atoms with Gasteiger partial charge in [0.25, 0.3) is 0 Å². The molecule has 4 rings (SSSR count). The van der Waals surface area contributed by atoms with E-state index in [-0.39, 0.29) is 61.8 Å². The van der Waals surface area contributed by atoms with Crippen LogP contribution < -0.4 is 30.0 Å². The van der Waals surface area contributed by atoms with E-state index in [2.05, 4.69) is 104 Å². The Morgan fingerprint density at radius 2 is 1.56 bits per heavy atom. The normalized spacial score (nSPS) is 13.9. The molecule has 2 aromatic rings. The summed E-state index contributed by atoms with van der Waals surface area (Å²) in [7, 11) is -0.623. The first-order chi connectivity index (χ1) is 14.4. The van der Waals surface area contributed by atoms with Crippen molar-refractivity contribution in [3.63, 3.8) is 0 Å². The van der Waals surface area contributed by atoms with Gasteiger partial charge in [0.1, 0.15) is 0 Å². The molecule has 2 aliphatic carbocycles. The molecule has 0 aliphatic heterocycles. The Kier molecular flexibility index (Phi) is 10.4. The maximum Gasteiger partial charge on any atom is 3.00 e. The molecular weight excluding hydrogens is 551 g/mol. The second kappa shape index (κ2) is 11.2. The van der Waals surface area contributed by atoms with Crippen molar-refractivity contribution in [2.75, 3.05) is 0 Å². The summed E-state index contributed by atoms with van der Waals surface area (Å²) in [6.07, 6.45) is 10.7. The third-order valence-corrected chi connectivity index (χ3v) is 8.23. The molecule has 0 heterocycles. The Hall–Kier alpha value is -0.530. The fourth-order valence-corrected chi connectivity index (χ4v) is 6.56. The van der Waals surface area contributed by atoms with E-state index in [4.69, 9.17) is 0 Å². The maximum absolute atomic E-state index is 3.91. The molecule has 0 nitrogen and oxygen atoms in total. The van der Waals surface area contributed by atoms with Crippen molar-refractivity contribution in [1.82, 2.24) is 0 Å². The summed E-state index contributed by atoms with van der Waals surface area (Å²) >= 11 is 0. The van der Waals surface area contributed by atoms with Gasteiger partial charge in [-0.15, -0.1) is 34.1 Å². The number of hydrogen-bond donors (Lipinski definition) is 0. The zero-order valence-electron chi connectivity index (χ0n) is 22.1. The van der Waals surface area contributed by atoms with Crippen molar-refractivity contribution in [3.05, 3.63) is 74.3 Å². The molecule has 1 radical (unpaired) electrons. The van der Waals surface area contributed by atoms with Crippen LogP contribution in [0.4, 0.5) is 0 Å². The van der Waals surface area contributed by atoms with Gasteiger partial charge in [-0.25, -0.2) is 0 Å². The van der Waals surface area contributed by atoms with Crippen LogP contribution in [0.15, 0.2) is 42.0 Å². The maximum atomic E-state index is 3.91. The minimum absolute atomic E-state index is 0. The van der Waals surface area contributed by atoms with E-state index in [1.165, 1.54) is 44.2 Å². The Morgan fingerprint density at radius 3 is 2.09 bits per heavy atom. The Morgan fingerprint density at radius 1 is 0.912 bits per heavy atom. The van der Waals surface area contributed by atoms with Gasteiger partial charge in [0.15, 0.2) is 0 Å². The molecule has 0 saturated heterocycles. The SMILES string of the molecule is CCC1=C(c2c(C(C)(C)C)c(=[Si](C)C)cc3c2=[C-]c2cc(C(C)(C)C)ccc2-3)CC=C1.[Cl-].[Cl-].[Zr+3]. The van der Waals surface area contributed by atoms with Gasteiger partial charge >= 0.3 is 26.2 Å². The summed E-state index contributed by atoms with van der Waals surface area (Å²) in [5.41, 5.74) is 11.7. The first kappa shape index (κ1) is 31.5. The molecule has 0 aromatic heterocycles. The van der Waals surface area contributed by atoms with E-state index >= 15 is 0 Å². The standard InChI is InChI=1S/C30H37Si.2ClH.Zr/c1-10-19-12-11-13-23(19)27-25-17-20-16-21(29(2,3)4)14-15-22(20)24(25)18-26(31(8)9)28(27)30(5,6)7;;;/h11-12,14-16,18H,10,13H2,1-9H3;2*1H;/q-1;;;+3/p-2. The molecule has 0 N–H and O–H groups in total. The van der Waals surface area contributed by atoms with Gasteiger partial charge < -0.3 is 24.8 Å². The minimum Gasteiger partial charge on any atom is -1.00 e. The van der Waals surface area contributed by atoms with Crippen LogP contribution in [-0.4, -0.2) is 8.41 Å². The van der Waals surface area contributed by atoms with Crippen LogP contribution >= 0.6 is 0 Å². The third kappa shape index (κ3) is 5.56.